The van der Waals surface area contributed by atoms with Gasteiger partial charge in [-0.15, -0.1) is 0 Å². The van der Waals surface area contributed by atoms with E-state index in [4.69, 9.17) is 0 Å². The second-order valence-corrected chi connectivity index (χ2v) is 5.00. The first-order valence-corrected chi connectivity index (χ1v) is 6.72. The summed E-state index contributed by atoms with van der Waals surface area (Å²) in [6, 6.07) is 12.0. The van der Waals surface area contributed by atoms with Crippen molar-refractivity contribution in [3.8, 4) is 0 Å². The molecule has 2 aromatic carbocycles. The molecule has 0 bridgehead atoms. The molecule has 0 aliphatic carbocycles. The van der Waals surface area contributed by atoms with Gasteiger partial charge < -0.3 is 0 Å². The zero-order valence-electron chi connectivity index (χ0n) is 9.96. The van der Waals surface area contributed by atoms with Crippen molar-refractivity contribution >= 4 is 15.9 Å². The molecule has 0 saturated carbocycles. The molecule has 0 aromatic heterocycles. The molecule has 1 atom stereocenters. The van der Waals surface area contributed by atoms with Crippen molar-refractivity contribution in [3.63, 3.8) is 0 Å². The third kappa shape index (κ3) is 2.61. The van der Waals surface area contributed by atoms with Crippen molar-refractivity contribution in [2.24, 2.45) is 0 Å². The highest BCUT2D eigenvalue weighted by Crippen LogP contribution is 2.33. The van der Waals surface area contributed by atoms with E-state index in [0.29, 0.717) is 0 Å². The number of alkyl halides is 1. The van der Waals surface area contributed by atoms with E-state index in [9.17, 15) is 8.78 Å². The third-order valence-electron chi connectivity index (χ3n) is 2.95. The molecular weight excluding hydrogens is 298 g/mol. The Morgan fingerprint density at radius 3 is 2.44 bits per heavy atom. The minimum Gasteiger partial charge on any atom is -0.204 e. The Kier molecular flexibility index (Phi) is 4.12. The van der Waals surface area contributed by atoms with Crippen LogP contribution in [0.15, 0.2) is 42.5 Å². The zero-order chi connectivity index (χ0) is 13.1. The Morgan fingerprint density at radius 2 is 1.78 bits per heavy atom. The van der Waals surface area contributed by atoms with Gasteiger partial charge in [-0.2, -0.15) is 0 Å². The summed E-state index contributed by atoms with van der Waals surface area (Å²) in [6.07, 6.45) is 0.905. The topological polar surface area (TPSA) is 0 Å². The van der Waals surface area contributed by atoms with E-state index in [1.807, 2.05) is 24.3 Å². The Labute approximate surface area is 114 Å². The predicted molar refractivity (Wildman–Crippen MR) is 72.9 cm³/mol. The molecule has 1 unspecified atom stereocenters. The SMILES string of the molecule is CCc1ccccc1C(Br)c1ccc(F)c(F)c1. The van der Waals surface area contributed by atoms with Crippen LogP contribution >= 0.6 is 15.9 Å². The van der Waals surface area contributed by atoms with Crippen LogP contribution in [0.3, 0.4) is 0 Å². The summed E-state index contributed by atoms with van der Waals surface area (Å²) in [5, 5.41) is 0. The van der Waals surface area contributed by atoms with Crippen LogP contribution in [0.25, 0.3) is 0 Å². The normalized spacial score (nSPS) is 12.4. The molecule has 94 valence electrons. The zero-order valence-corrected chi connectivity index (χ0v) is 11.5. The molecule has 0 heterocycles. The lowest BCUT2D eigenvalue weighted by atomic mass is 9.98. The fourth-order valence-corrected chi connectivity index (χ4v) is 2.68. The maximum atomic E-state index is 13.2. The van der Waals surface area contributed by atoms with Gasteiger partial charge in [0.2, 0.25) is 0 Å². The molecule has 0 aliphatic rings. The molecule has 2 rings (SSSR count). The van der Waals surface area contributed by atoms with E-state index in [-0.39, 0.29) is 4.83 Å². The van der Waals surface area contributed by atoms with E-state index in [2.05, 4.69) is 22.9 Å². The maximum Gasteiger partial charge on any atom is 0.159 e. The third-order valence-corrected chi connectivity index (χ3v) is 3.97. The van der Waals surface area contributed by atoms with Crippen molar-refractivity contribution in [2.45, 2.75) is 18.2 Å². The first-order valence-electron chi connectivity index (χ1n) is 5.80. The number of hydrogen-bond donors (Lipinski definition) is 0. The smallest absolute Gasteiger partial charge is 0.159 e. The van der Waals surface area contributed by atoms with E-state index in [1.165, 1.54) is 11.6 Å². The van der Waals surface area contributed by atoms with Crippen LogP contribution in [0.2, 0.25) is 0 Å². The standard InChI is InChI=1S/C15H13BrF2/c1-2-10-5-3-4-6-12(10)15(16)11-7-8-13(17)14(18)9-11/h3-9,15H,2H2,1H3. The van der Waals surface area contributed by atoms with Gasteiger partial charge in [-0.3, -0.25) is 0 Å². The lowest BCUT2D eigenvalue weighted by molar-refractivity contribution is 0.507. The van der Waals surface area contributed by atoms with Gasteiger partial charge in [0.05, 0.1) is 4.83 Å². The number of rotatable bonds is 3. The van der Waals surface area contributed by atoms with Gasteiger partial charge in [-0.25, -0.2) is 8.78 Å². The van der Waals surface area contributed by atoms with Gasteiger partial charge in [-0.1, -0.05) is 53.2 Å². The van der Waals surface area contributed by atoms with E-state index in [1.54, 1.807) is 6.07 Å². The fourth-order valence-electron chi connectivity index (χ4n) is 1.95. The Balaban J connectivity index is 2.41. The average molecular weight is 311 g/mol. The Bertz CT molecular complexity index is 552. The van der Waals surface area contributed by atoms with Gasteiger partial charge in [0.15, 0.2) is 11.6 Å². The average Bonchev–Trinajstić information content (AvgIpc) is 2.41. The van der Waals surface area contributed by atoms with Crippen molar-refractivity contribution in [2.75, 3.05) is 0 Å². The second-order valence-electron chi connectivity index (χ2n) is 4.09. The number of benzene rings is 2. The number of aryl methyl sites for hydroxylation is 1. The minimum absolute atomic E-state index is 0.122. The summed E-state index contributed by atoms with van der Waals surface area (Å²) in [5.74, 6) is -1.63. The van der Waals surface area contributed by atoms with E-state index in [0.717, 1.165) is 23.6 Å². The number of halogens is 3. The highest BCUT2D eigenvalue weighted by Gasteiger charge is 2.15. The van der Waals surface area contributed by atoms with Gasteiger partial charge in [-0.05, 0) is 35.2 Å². The van der Waals surface area contributed by atoms with Crippen molar-refractivity contribution in [1.29, 1.82) is 0 Å². The molecule has 0 amide bonds. The highest BCUT2D eigenvalue weighted by atomic mass is 79.9. The van der Waals surface area contributed by atoms with Crippen LogP contribution in [0, 0.1) is 11.6 Å². The maximum absolute atomic E-state index is 13.2. The van der Waals surface area contributed by atoms with E-state index < -0.39 is 11.6 Å². The lowest BCUT2D eigenvalue weighted by Crippen LogP contribution is -1.99. The molecule has 0 fully saturated rings. The highest BCUT2D eigenvalue weighted by molar-refractivity contribution is 9.09. The fraction of sp³-hybridized carbons (Fsp3) is 0.200. The van der Waals surface area contributed by atoms with Crippen molar-refractivity contribution in [1.82, 2.24) is 0 Å². The van der Waals surface area contributed by atoms with Gasteiger partial charge >= 0.3 is 0 Å². The summed E-state index contributed by atoms with van der Waals surface area (Å²) >= 11 is 3.56. The molecule has 0 radical (unpaired) electrons. The molecule has 2 aromatic rings. The van der Waals surface area contributed by atoms with E-state index >= 15 is 0 Å². The predicted octanol–water partition coefficient (Wildman–Crippen LogP) is 5.01. The lowest BCUT2D eigenvalue weighted by Gasteiger charge is -2.15. The van der Waals surface area contributed by atoms with Gasteiger partial charge in [0.1, 0.15) is 0 Å². The van der Waals surface area contributed by atoms with Crippen LogP contribution in [0.5, 0.6) is 0 Å². The van der Waals surface area contributed by atoms with Crippen LogP contribution in [0.4, 0.5) is 8.78 Å². The monoisotopic (exact) mass is 310 g/mol. The van der Waals surface area contributed by atoms with Crippen LogP contribution in [-0.4, -0.2) is 0 Å². The first kappa shape index (κ1) is 13.2. The molecule has 0 nitrogen and oxygen atoms in total. The van der Waals surface area contributed by atoms with Crippen molar-refractivity contribution in [3.05, 3.63) is 70.8 Å². The van der Waals surface area contributed by atoms with Crippen LogP contribution in [0.1, 0.15) is 28.4 Å². The molecular formula is C15H13BrF2. The molecule has 0 spiro atoms. The molecule has 0 aliphatic heterocycles. The first-order chi connectivity index (χ1) is 8.63. The molecule has 0 N–H and O–H groups in total. The Hall–Kier alpha value is -1.22. The quantitative estimate of drug-likeness (QED) is 0.699. The largest absolute Gasteiger partial charge is 0.204 e. The summed E-state index contributed by atoms with van der Waals surface area (Å²) in [7, 11) is 0. The van der Waals surface area contributed by atoms with Crippen LogP contribution < -0.4 is 0 Å². The summed E-state index contributed by atoms with van der Waals surface area (Å²) in [6.45, 7) is 2.07. The van der Waals surface area contributed by atoms with Crippen molar-refractivity contribution < 1.29 is 8.78 Å². The molecule has 18 heavy (non-hydrogen) atoms. The summed E-state index contributed by atoms with van der Waals surface area (Å²) in [5.41, 5.74) is 3.00. The number of hydrogen-bond acceptors (Lipinski definition) is 0. The molecule has 0 saturated heterocycles. The van der Waals surface area contributed by atoms with Gasteiger partial charge in [0, 0.05) is 0 Å². The summed E-state index contributed by atoms with van der Waals surface area (Å²) in [4.78, 5) is -0.122. The molecule has 3 heteroatoms. The van der Waals surface area contributed by atoms with Gasteiger partial charge in [0.25, 0.3) is 0 Å². The minimum atomic E-state index is -0.817. The summed E-state index contributed by atoms with van der Waals surface area (Å²) < 4.78 is 26.2. The van der Waals surface area contributed by atoms with Crippen LogP contribution in [-0.2, 0) is 6.42 Å². The second kappa shape index (κ2) is 5.61. The Morgan fingerprint density at radius 1 is 1.06 bits per heavy atom.